The molecule has 1 N–H and O–H groups in total. The van der Waals surface area contributed by atoms with E-state index in [0.29, 0.717) is 11.1 Å². The van der Waals surface area contributed by atoms with E-state index in [1.165, 1.54) is 29.8 Å². The van der Waals surface area contributed by atoms with Crippen molar-refractivity contribution in [1.29, 1.82) is 0 Å². The summed E-state index contributed by atoms with van der Waals surface area (Å²) in [4.78, 5) is 16.0. The predicted octanol–water partition coefficient (Wildman–Crippen LogP) is 2.73. The van der Waals surface area contributed by atoms with E-state index in [0.717, 1.165) is 16.8 Å². The van der Waals surface area contributed by atoms with Crippen LogP contribution in [0.1, 0.15) is 5.56 Å². The minimum Gasteiger partial charge on any atom is -0.408 e. The average Bonchev–Trinajstić information content (AvgIpc) is 3.29. The minimum absolute atomic E-state index is 0.0681. The zero-order chi connectivity index (χ0) is 19.0. The highest BCUT2D eigenvalue weighted by atomic mass is 32.2. The Morgan fingerprint density at radius 2 is 2.07 bits per heavy atom. The number of aromatic nitrogens is 2. The molecule has 1 aromatic carbocycles. The van der Waals surface area contributed by atoms with Gasteiger partial charge in [-0.1, -0.05) is 0 Å². The second-order valence-corrected chi connectivity index (χ2v) is 8.49. The molecule has 3 aromatic heterocycles. The van der Waals surface area contributed by atoms with Crippen molar-refractivity contribution in [2.24, 2.45) is 7.05 Å². The molecule has 0 atom stereocenters. The van der Waals surface area contributed by atoms with E-state index in [1.54, 1.807) is 23.6 Å². The van der Waals surface area contributed by atoms with Crippen LogP contribution in [-0.4, -0.2) is 18.0 Å². The number of hydrogen-bond donors (Lipinski definition) is 1. The Hall–Kier alpha value is -2.75. The fourth-order valence-corrected chi connectivity index (χ4v) is 4.37. The molecule has 4 rings (SSSR count). The zero-order valence-corrected chi connectivity index (χ0v) is 15.9. The molecule has 0 spiro atoms. The highest BCUT2D eigenvalue weighted by Gasteiger charge is 2.17. The maximum absolute atomic E-state index is 12.6. The fraction of sp³-hybridized carbons (Fsp3) is 0.111. The normalized spacial score (nSPS) is 11.9. The Labute approximate surface area is 159 Å². The highest BCUT2D eigenvalue weighted by molar-refractivity contribution is 7.89. The van der Waals surface area contributed by atoms with Crippen molar-refractivity contribution >= 4 is 32.5 Å². The third-order valence-corrected chi connectivity index (χ3v) is 6.26. The lowest BCUT2D eigenvalue weighted by Crippen LogP contribution is -2.23. The summed E-state index contributed by atoms with van der Waals surface area (Å²) in [5.41, 5.74) is 3.35. The van der Waals surface area contributed by atoms with Gasteiger partial charge in [0.05, 0.1) is 16.1 Å². The first-order chi connectivity index (χ1) is 12.9. The number of sulfonamides is 1. The molecule has 7 nitrogen and oxygen atoms in total. The molecule has 0 aliphatic heterocycles. The van der Waals surface area contributed by atoms with Crippen LogP contribution in [0.5, 0.6) is 0 Å². The lowest BCUT2D eigenvalue weighted by atomic mass is 10.1. The van der Waals surface area contributed by atoms with Crippen molar-refractivity contribution in [2.45, 2.75) is 11.4 Å². The number of fused-ring (bicyclic) bond motifs is 1. The van der Waals surface area contributed by atoms with Gasteiger partial charge in [-0.2, -0.15) is 11.3 Å². The molecule has 4 aromatic rings. The lowest BCUT2D eigenvalue weighted by Gasteiger charge is -2.08. The predicted molar refractivity (Wildman–Crippen MR) is 103 cm³/mol. The third-order valence-electron chi connectivity index (χ3n) is 4.18. The van der Waals surface area contributed by atoms with Crippen molar-refractivity contribution in [3.8, 4) is 11.3 Å². The van der Waals surface area contributed by atoms with Gasteiger partial charge in [0.1, 0.15) is 0 Å². The first kappa shape index (κ1) is 17.7. The van der Waals surface area contributed by atoms with Crippen molar-refractivity contribution in [3.63, 3.8) is 0 Å². The number of aryl methyl sites for hydroxylation is 1. The maximum atomic E-state index is 12.6. The number of thiophene rings is 1. The van der Waals surface area contributed by atoms with Gasteiger partial charge in [-0.25, -0.2) is 17.9 Å². The monoisotopic (exact) mass is 401 g/mol. The van der Waals surface area contributed by atoms with Gasteiger partial charge in [-0.15, -0.1) is 0 Å². The van der Waals surface area contributed by atoms with E-state index in [2.05, 4.69) is 9.71 Å². The van der Waals surface area contributed by atoms with Crippen molar-refractivity contribution in [3.05, 3.63) is 69.5 Å². The molecule has 27 heavy (non-hydrogen) atoms. The largest absolute Gasteiger partial charge is 0.419 e. The quantitative estimate of drug-likeness (QED) is 0.555. The summed E-state index contributed by atoms with van der Waals surface area (Å²) in [6, 6.07) is 9.90. The van der Waals surface area contributed by atoms with Crippen LogP contribution in [0.2, 0.25) is 0 Å². The van der Waals surface area contributed by atoms with E-state index < -0.39 is 15.8 Å². The van der Waals surface area contributed by atoms with E-state index in [-0.39, 0.29) is 11.4 Å². The summed E-state index contributed by atoms with van der Waals surface area (Å²) < 4.78 is 34.2. The second kappa shape index (κ2) is 6.76. The molecular weight excluding hydrogens is 386 g/mol. The van der Waals surface area contributed by atoms with Crippen LogP contribution in [0.4, 0.5) is 0 Å². The Bertz CT molecular complexity index is 1270. The SMILES string of the molecule is Cn1c(=O)oc2ccc(S(=O)(=O)NCc3ccnc(-c4ccsc4)c3)cc21. The fourth-order valence-electron chi connectivity index (χ4n) is 2.69. The van der Waals surface area contributed by atoms with Gasteiger partial charge in [0.15, 0.2) is 5.58 Å². The molecule has 9 heteroatoms. The number of rotatable bonds is 5. The molecule has 3 heterocycles. The number of oxazole rings is 1. The van der Waals surface area contributed by atoms with E-state index >= 15 is 0 Å². The Morgan fingerprint density at radius 1 is 1.22 bits per heavy atom. The first-order valence-corrected chi connectivity index (χ1v) is 10.4. The number of nitrogens with zero attached hydrogens (tertiary/aromatic N) is 2. The minimum atomic E-state index is -3.75. The summed E-state index contributed by atoms with van der Waals surface area (Å²) in [5, 5.41) is 3.95. The van der Waals surface area contributed by atoms with Gasteiger partial charge in [-0.3, -0.25) is 9.55 Å². The molecule has 138 valence electrons. The van der Waals surface area contributed by atoms with Crippen LogP contribution in [0, 0.1) is 0 Å². The smallest absolute Gasteiger partial charge is 0.408 e. The first-order valence-electron chi connectivity index (χ1n) is 8.01. The molecule has 0 aliphatic carbocycles. The number of hydrogen-bond acceptors (Lipinski definition) is 6. The molecule has 0 saturated heterocycles. The summed E-state index contributed by atoms with van der Waals surface area (Å²) in [7, 11) is -2.22. The molecule has 0 aliphatic rings. The molecule has 0 bridgehead atoms. The Balaban J connectivity index is 1.58. The lowest BCUT2D eigenvalue weighted by molar-refractivity contribution is 0.528. The standard InChI is InChI=1S/C18H15N3O4S2/c1-21-16-9-14(2-3-17(16)25-18(21)22)27(23,24)20-10-12-4-6-19-15(8-12)13-5-7-26-11-13/h2-9,11,20H,10H2,1H3. The zero-order valence-electron chi connectivity index (χ0n) is 14.2. The van der Waals surface area contributed by atoms with Gasteiger partial charge in [0.2, 0.25) is 10.0 Å². The van der Waals surface area contributed by atoms with E-state index in [9.17, 15) is 13.2 Å². The number of benzene rings is 1. The van der Waals surface area contributed by atoms with Crippen LogP contribution in [0.25, 0.3) is 22.4 Å². The third kappa shape index (κ3) is 3.44. The number of nitrogens with one attached hydrogen (secondary N) is 1. The molecule has 0 fully saturated rings. The number of pyridine rings is 1. The van der Waals surface area contributed by atoms with Crippen LogP contribution in [0.3, 0.4) is 0 Å². The maximum Gasteiger partial charge on any atom is 0.419 e. The summed E-state index contributed by atoms with van der Waals surface area (Å²) >= 11 is 1.58. The molecule has 0 unspecified atom stereocenters. The summed E-state index contributed by atoms with van der Waals surface area (Å²) in [6.07, 6.45) is 1.66. The average molecular weight is 401 g/mol. The van der Waals surface area contributed by atoms with Crippen LogP contribution < -0.4 is 10.5 Å². The van der Waals surface area contributed by atoms with Gasteiger partial charge < -0.3 is 4.42 Å². The van der Waals surface area contributed by atoms with Gasteiger partial charge in [0.25, 0.3) is 0 Å². The summed E-state index contributed by atoms with van der Waals surface area (Å²) in [6.45, 7) is 0.129. The van der Waals surface area contributed by atoms with Crippen molar-refractivity contribution in [1.82, 2.24) is 14.3 Å². The van der Waals surface area contributed by atoms with Crippen LogP contribution >= 0.6 is 11.3 Å². The Morgan fingerprint density at radius 3 is 2.85 bits per heavy atom. The van der Waals surface area contributed by atoms with E-state index in [1.807, 2.05) is 22.9 Å². The molecular formula is C18H15N3O4S2. The molecule has 0 saturated carbocycles. The van der Waals surface area contributed by atoms with Gasteiger partial charge in [0, 0.05) is 30.7 Å². The Kier molecular flexibility index (Phi) is 4.42. The van der Waals surface area contributed by atoms with Crippen LogP contribution in [-0.2, 0) is 23.6 Å². The molecule has 0 radical (unpaired) electrons. The summed E-state index contributed by atoms with van der Waals surface area (Å²) in [5.74, 6) is -0.537. The van der Waals surface area contributed by atoms with Gasteiger partial charge >= 0.3 is 5.76 Å². The van der Waals surface area contributed by atoms with Crippen LogP contribution in [0.15, 0.2) is 67.5 Å². The van der Waals surface area contributed by atoms with Crippen molar-refractivity contribution < 1.29 is 12.8 Å². The molecule has 0 amide bonds. The second-order valence-electron chi connectivity index (χ2n) is 5.94. The topological polar surface area (TPSA) is 94.2 Å². The van der Waals surface area contributed by atoms with E-state index in [4.69, 9.17) is 4.42 Å². The highest BCUT2D eigenvalue weighted by Crippen LogP contribution is 2.21. The van der Waals surface area contributed by atoms with Crippen molar-refractivity contribution in [2.75, 3.05) is 0 Å². The van der Waals surface area contributed by atoms with Gasteiger partial charge in [-0.05, 0) is 47.3 Å².